The SMILES string of the molecule is Cc1c(Cl)cccc1OC[C@H](O)CNc1cc[nH]c(=O)c1-c1nc2cc3c(cc2[nH]1)C(=O)N(C1CCN(C)CC1)C3=O. The number of aliphatic hydroxyl groups is 1. The number of hydrogen-bond donors (Lipinski definition) is 4. The zero-order chi connectivity index (χ0) is 29.5. The number of carbonyl (C=O) groups is 2. The number of rotatable bonds is 8. The molecule has 0 radical (unpaired) electrons. The molecule has 4 aromatic rings. The number of nitrogens with zero attached hydrogens (tertiary/aromatic N) is 3. The van der Waals surface area contributed by atoms with E-state index in [1.54, 1.807) is 36.4 Å². The number of nitrogens with one attached hydrogen (secondary N) is 3. The number of amides is 2. The van der Waals surface area contributed by atoms with Gasteiger partial charge in [-0.2, -0.15) is 0 Å². The van der Waals surface area contributed by atoms with Gasteiger partial charge in [0.2, 0.25) is 0 Å². The van der Waals surface area contributed by atoms with Crippen LogP contribution in [0.15, 0.2) is 47.4 Å². The van der Waals surface area contributed by atoms with Gasteiger partial charge in [0.25, 0.3) is 17.4 Å². The highest BCUT2D eigenvalue weighted by Gasteiger charge is 2.41. The van der Waals surface area contributed by atoms with E-state index in [0.717, 1.165) is 31.5 Å². The molecule has 42 heavy (non-hydrogen) atoms. The monoisotopic (exact) mass is 590 g/mol. The molecular weight excluding hydrogens is 560 g/mol. The number of halogens is 1. The van der Waals surface area contributed by atoms with Gasteiger partial charge in [-0.15, -0.1) is 0 Å². The van der Waals surface area contributed by atoms with Crippen LogP contribution in [-0.2, 0) is 0 Å². The number of H-pyrrole nitrogens is 2. The van der Waals surface area contributed by atoms with Gasteiger partial charge in [0.05, 0.1) is 27.8 Å². The molecule has 4 N–H and O–H groups in total. The lowest BCUT2D eigenvalue weighted by atomic mass is 10.0. The van der Waals surface area contributed by atoms with Crippen molar-refractivity contribution in [2.45, 2.75) is 31.9 Å². The Morgan fingerprint density at radius 2 is 1.88 bits per heavy atom. The molecule has 218 valence electrons. The normalized spacial score (nSPS) is 16.7. The third kappa shape index (κ3) is 5.15. The first-order valence-corrected chi connectivity index (χ1v) is 14.2. The number of pyridine rings is 1. The molecule has 2 amide bonds. The molecule has 2 aliphatic heterocycles. The number of piperidine rings is 1. The second kappa shape index (κ2) is 11.2. The van der Waals surface area contributed by atoms with E-state index in [4.69, 9.17) is 16.3 Å². The quantitative estimate of drug-likeness (QED) is 0.229. The molecule has 11 nitrogen and oxygen atoms in total. The van der Waals surface area contributed by atoms with E-state index in [2.05, 4.69) is 25.2 Å². The standard InChI is InChI=1S/C30H31ClN6O5/c1-16-21(31)4-3-5-25(16)42-15-18(38)14-33-22-6-9-32-28(39)26(22)27-34-23-12-19-20(13-24(23)35-27)30(41)37(29(19)40)17-7-10-36(2)11-8-17/h3-6,9,12-13,17-18,38H,7-8,10-11,14-15H2,1-2H3,(H,34,35)(H2,32,33,39)/t18-/m1/s1. The first-order valence-electron chi connectivity index (χ1n) is 13.8. The minimum absolute atomic E-state index is 0.0134. The highest BCUT2D eigenvalue weighted by atomic mass is 35.5. The molecule has 1 saturated heterocycles. The number of benzene rings is 2. The third-order valence-corrected chi connectivity index (χ3v) is 8.36. The van der Waals surface area contributed by atoms with Gasteiger partial charge >= 0.3 is 0 Å². The molecule has 0 saturated carbocycles. The Labute approximate surface area is 246 Å². The number of aromatic nitrogens is 3. The van der Waals surface area contributed by atoms with Crippen LogP contribution in [0.25, 0.3) is 22.4 Å². The van der Waals surface area contributed by atoms with E-state index < -0.39 is 11.7 Å². The van der Waals surface area contributed by atoms with Gasteiger partial charge in [0, 0.05) is 29.4 Å². The van der Waals surface area contributed by atoms with Crippen LogP contribution in [-0.4, -0.2) is 87.1 Å². The lowest BCUT2D eigenvalue weighted by molar-refractivity contribution is 0.0516. The number of hydrogen-bond acceptors (Lipinski definition) is 8. The number of likely N-dealkylation sites (tertiary alicyclic amines) is 1. The number of carbonyl (C=O) groups excluding carboxylic acids is 2. The Bertz CT molecular complexity index is 1690. The summed E-state index contributed by atoms with van der Waals surface area (Å²) in [5.41, 5.74) is 2.73. The average molecular weight is 591 g/mol. The summed E-state index contributed by atoms with van der Waals surface area (Å²) in [5.74, 6) is 0.246. The predicted octanol–water partition coefficient (Wildman–Crippen LogP) is 3.42. The van der Waals surface area contributed by atoms with E-state index in [9.17, 15) is 19.5 Å². The Balaban J connectivity index is 1.21. The van der Waals surface area contributed by atoms with Crippen molar-refractivity contribution in [3.8, 4) is 17.1 Å². The molecule has 2 aliphatic rings. The molecule has 2 aromatic carbocycles. The van der Waals surface area contributed by atoms with Crippen molar-refractivity contribution >= 4 is 40.1 Å². The zero-order valence-corrected chi connectivity index (χ0v) is 24.0. The summed E-state index contributed by atoms with van der Waals surface area (Å²) in [5, 5.41) is 14.2. The molecular formula is C30H31ClN6O5. The van der Waals surface area contributed by atoms with Gasteiger partial charge in [-0.25, -0.2) is 4.98 Å². The van der Waals surface area contributed by atoms with Crippen molar-refractivity contribution in [1.29, 1.82) is 0 Å². The smallest absolute Gasteiger partial charge is 0.261 e. The lowest BCUT2D eigenvalue weighted by Crippen LogP contribution is -2.46. The molecule has 0 unspecified atom stereocenters. The van der Waals surface area contributed by atoms with Crippen LogP contribution in [0.3, 0.4) is 0 Å². The molecule has 6 rings (SSSR count). The number of fused-ring (bicyclic) bond motifs is 2. The molecule has 12 heteroatoms. The molecule has 0 spiro atoms. The summed E-state index contributed by atoms with van der Waals surface area (Å²) in [4.78, 5) is 53.5. The van der Waals surface area contributed by atoms with Crippen LogP contribution < -0.4 is 15.6 Å². The Morgan fingerprint density at radius 1 is 1.14 bits per heavy atom. The summed E-state index contributed by atoms with van der Waals surface area (Å²) in [6.45, 7) is 3.61. The van der Waals surface area contributed by atoms with Crippen LogP contribution in [0, 0.1) is 6.92 Å². The molecule has 0 bridgehead atoms. The summed E-state index contributed by atoms with van der Waals surface area (Å²) in [6.07, 6.45) is 2.10. The molecule has 1 atom stereocenters. The molecule has 4 heterocycles. The Hall–Kier alpha value is -4.19. The number of anilines is 1. The Kier molecular flexibility index (Phi) is 7.48. The third-order valence-electron chi connectivity index (χ3n) is 7.95. The van der Waals surface area contributed by atoms with Gasteiger partial charge in [0.15, 0.2) is 0 Å². The van der Waals surface area contributed by atoms with Crippen LogP contribution >= 0.6 is 11.6 Å². The number of imide groups is 1. The second-order valence-corrected chi connectivity index (χ2v) is 11.2. The van der Waals surface area contributed by atoms with E-state index in [1.165, 1.54) is 11.1 Å². The number of aliphatic hydroxyl groups excluding tert-OH is 1. The predicted molar refractivity (Wildman–Crippen MR) is 159 cm³/mol. The summed E-state index contributed by atoms with van der Waals surface area (Å²) < 4.78 is 5.73. The maximum Gasteiger partial charge on any atom is 0.261 e. The van der Waals surface area contributed by atoms with Crippen molar-refractivity contribution in [3.63, 3.8) is 0 Å². The highest BCUT2D eigenvalue weighted by Crippen LogP contribution is 2.33. The van der Waals surface area contributed by atoms with E-state index in [0.29, 0.717) is 38.6 Å². The van der Waals surface area contributed by atoms with E-state index in [-0.39, 0.29) is 42.4 Å². The van der Waals surface area contributed by atoms with Crippen molar-refractivity contribution < 1.29 is 19.4 Å². The summed E-state index contributed by atoms with van der Waals surface area (Å²) in [7, 11) is 2.03. The first kappa shape index (κ1) is 28.0. The fraction of sp³-hybridized carbons (Fsp3) is 0.333. The topological polar surface area (TPSA) is 144 Å². The molecule has 0 aliphatic carbocycles. The van der Waals surface area contributed by atoms with Crippen molar-refractivity contribution in [1.82, 2.24) is 24.8 Å². The van der Waals surface area contributed by atoms with Gasteiger partial charge in [0.1, 0.15) is 29.8 Å². The van der Waals surface area contributed by atoms with Gasteiger partial charge in [-0.1, -0.05) is 17.7 Å². The lowest BCUT2D eigenvalue weighted by Gasteiger charge is -2.33. The van der Waals surface area contributed by atoms with Crippen LogP contribution in [0.2, 0.25) is 5.02 Å². The average Bonchev–Trinajstić information content (AvgIpc) is 3.49. The second-order valence-electron chi connectivity index (χ2n) is 10.8. The minimum Gasteiger partial charge on any atom is -0.490 e. The number of ether oxygens (including phenoxy) is 1. The van der Waals surface area contributed by atoms with Gasteiger partial charge < -0.3 is 30.0 Å². The van der Waals surface area contributed by atoms with Crippen LogP contribution in [0.5, 0.6) is 5.75 Å². The van der Waals surface area contributed by atoms with Crippen molar-refractivity contribution in [2.75, 3.05) is 38.6 Å². The van der Waals surface area contributed by atoms with Crippen LogP contribution in [0.1, 0.15) is 39.1 Å². The minimum atomic E-state index is -0.890. The van der Waals surface area contributed by atoms with Gasteiger partial charge in [-0.05, 0) is 70.2 Å². The van der Waals surface area contributed by atoms with Crippen molar-refractivity contribution in [2.24, 2.45) is 0 Å². The van der Waals surface area contributed by atoms with Crippen molar-refractivity contribution in [3.05, 3.63) is 74.7 Å². The zero-order valence-electron chi connectivity index (χ0n) is 23.2. The largest absolute Gasteiger partial charge is 0.490 e. The van der Waals surface area contributed by atoms with E-state index in [1.807, 2.05) is 14.0 Å². The van der Waals surface area contributed by atoms with Crippen LogP contribution in [0.4, 0.5) is 5.69 Å². The van der Waals surface area contributed by atoms with Gasteiger partial charge in [-0.3, -0.25) is 19.3 Å². The number of imidazole rings is 1. The molecule has 2 aromatic heterocycles. The maximum absolute atomic E-state index is 13.3. The summed E-state index contributed by atoms with van der Waals surface area (Å²) in [6, 6.07) is 10.1. The fourth-order valence-corrected chi connectivity index (χ4v) is 5.71. The summed E-state index contributed by atoms with van der Waals surface area (Å²) >= 11 is 6.14. The number of aromatic amines is 2. The maximum atomic E-state index is 13.3. The van der Waals surface area contributed by atoms with E-state index >= 15 is 0 Å². The first-order chi connectivity index (χ1) is 20.2. The fourth-order valence-electron chi connectivity index (χ4n) is 5.54. The highest BCUT2D eigenvalue weighted by molar-refractivity contribution is 6.31. The Morgan fingerprint density at radius 3 is 2.64 bits per heavy atom. The molecule has 1 fully saturated rings.